The van der Waals surface area contributed by atoms with Gasteiger partial charge in [-0.15, -0.1) is 0 Å². The minimum atomic E-state index is -0.135. The molecule has 2 nitrogen and oxygen atoms in total. The van der Waals surface area contributed by atoms with E-state index in [4.69, 9.17) is 0 Å². The maximum absolute atomic E-state index is 13.7. The zero-order valence-electron chi connectivity index (χ0n) is 22.6. The third-order valence-corrected chi connectivity index (χ3v) is 7.89. The van der Waals surface area contributed by atoms with Gasteiger partial charge in [0.2, 0.25) is 0 Å². The summed E-state index contributed by atoms with van der Waals surface area (Å²) in [6, 6.07) is 17.0. The first kappa shape index (κ1) is 24.2. The van der Waals surface area contributed by atoms with E-state index in [1.54, 1.807) is 0 Å². The molecule has 5 rings (SSSR count). The molecule has 1 aromatic rings. The van der Waals surface area contributed by atoms with Crippen molar-refractivity contribution in [2.24, 2.45) is 0 Å². The Morgan fingerprint density at radius 1 is 0.611 bits per heavy atom. The van der Waals surface area contributed by atoms with E-state index in [0.717, 1.165) is 55.6 Å². The van der Waals surface area contributed by atoms with Gasteiger partial charge in [0.25, 0.3) is 5.43 Å². The van der Waals surface area contributed by atoms with Gasteiger partial charge < -0.3 is 5.11 Å². The summed E-state index contributed by atoms with van der Waals surface area (Å²) in [5, 5.41) is 13.7. The largest absolute Gasteiger partial charge is 0.859 e. The first-order chi connectivity index (χ1) is 17.0. The number of fused-ring (bicyclic) bond motifs is 2. The monoisotopic (exact) mass is 474 g/mol. The van der Waals surface area contributed by atoms with Crippen LogP contribution in [0.2, 0.25) is 0 Å². The van der Waals surface area contributed by atoms with Gasteiger partial charge in [-0.2, -0.15) is 0 Å². The smallest absolute Gasteiger partial charge is 0.258 e. The van der Waals surface area contributed by atoms with Gasteiger partial charge >= 0.3 is 0 Å². The van der Waals surface area contributed by atoms with Crippen LogP contribution in [-0.4, -0.2) is 0 Å². The number of aryl methyl sites for hydroxylation is 4. The highest BCUT2D eigenvalue weighted by molar-refractivity contribution is 6.02. The molecule has 0 spiro atoms. The Bertz CT molecular complexity index is 1480. The Balaban J connectivity index is 1.70. The van der Waals surface area contributed by atoms with Gasteiger partial charge in [0.05, 0.1) is 16.7 Å². The number of hydrogen-bond acceptors (Lipinski definition) is 2. The molecule has 0 amide bonds. The average Bonchev–Trinajstić information content (AvgIpc) is 3.11. The summed E-state index contributed by atoms with van der Waals surface area (Å²) in [5.74, 6) is 0.655. The molecule has 0 unspecified atom stereocenters. The van der Waals surface area contributed by atoms with Crippen molar-refractivity contribution in [1.82, 2.24) is 0 Å². The van der Waals surface area contributed by atoms with E-state index >= 15 is 0 Å². The summed E-state index contributed by atoms with van der Waals surface area (Å²) in [6.45, 7) is 17.0. The standard InChI is InChI=1S/C34H34O2/c1-17(2)23-11-9-19(5)29-25(15-23)21(7)13-27(29)31-33(35)32(34(31)36)28-14-22(8)26-16-24(18(3)4)12-10-20(6)30(26)28/h9-18H,1-8H3. The molecule has 0 heterocycles. The normalized spacial score (nSPS) is 12.1. The SMILES string of the molecule is Cc1cc(-c2c([O-])[c+](-c3cc(C)c4cc(C(C)C)ccc(C)c3-4)c2=O)c2c(C)ccc(C(C)C)cc1-2. The second-order valence-corrected chi connectivity index (χ2v) is 11.1. The third kappa shape index (κ3) is 3.54. The predicted octanol–water partition coefficient (Wildman–Crippen LogP) is 8.30. The van der Waals surface area contributed by atoms with Crippen molar-refractivity contribution >= 4 is 0 Å². The molecule has 0 fully saturated rings. The minimum Gasteiger partial charge on any atom is -0.859 e. The van der Waals surface area contributed by atoms with E-state index < -0.39 is 0 Å². The molecule has 182 valence electrons. The fraction of sp³-hybridized carbons (Fsp3) is 0.294. The highest BCUT2D eigenvalue weighted by atomic mass is 16.3. The fourth-order valence-corrected chi connectivity index (χ4v) is 5.67. The van der Waals surface area contributed by atoms with Crippen LogP contribution >= 0.6 is 0 Å². The maximum Gasteiger partial charge on any atom is 0.258 e. The summed E-state index contributed by atoms with van der Waals surface area (Å²) in [5.41, 5.74) is 13.2. The Kier molecular flexibility index (Phi) is 5.75. The van der Waals surface area contributed by atoms with E-state index in [1.807, 2.05) is 12.1 Å². The van der Waals surface area contributed by atoms with Crippen LogP contribution < -0.4 is 10.5 Å². The first-order valence-corrected chi connectivity index (χ1v) is 12.9. The second-order valence-electron chi connectivity index (χ2n) is 11.1. The predicted molar refractivity (Wildman–Crippen MR) is 150 cm³/mol. The Hall–Kier alpha value is -3.52. The van der Waals surface area contributed by atoms with E-state index in [2.05, 4.69) is 91.8 Å². The molecule has 0 bridgehead atoms. The van der Waals surface area contributed by atoms with Crippen LogP contribution in [0.5, 0.6) is 5.75 Å². The van der Waals surface area contributed by atoms with Crippen LogP contribution in [0.3, 0.4) is 0 Å². The van der Waals surface area contributed by atoms with Gasteiger partial charge in [-0.1, -0.05) is 58.0 Å². The average molecular weight is 475 g/mol. The maximum atomic E-state index is 13.7. The highest BCUT2D eigenvalue weighted by Crippen LogP contribution is 2.49. The molecule has 2 heteroatoms. The summed E-state index contributed by atoms with van der Waals surface area (Å²) in [7, 11) is 0. The van der Waals surface area contributed by atoms with Crippen molar-refractivity contribution in [2.45, 2.75) is 67.2 Å². The molecule has 0 saturated heterocycles. The summed E-state index contributed by atoms with van der Waals surface area (Å²) < 4.78 is 0. The molecule has 0 aromatic heterocycles. The van der Waals surface area contributed by atoms with Crippen molar-refractivity contribution in [2.75, 3.05) is 0 Å². The fourth-order valence-electron chi connectivity index (χ4n) is 5.67. The lowest BCUT2D eigenvalue weighted by Crippen LogP contribution is -2.20. The third-order valence-electron chi connectivity index (χ3n) is 7.89. The molecule has 0 saturated carbocycles. The number of rotatable bonds is 4. The van der Waals surface area contributed by atoms with Gasteiger partial charge in [0.1, 0.15) is 5.56 Å². The van der Waals surface area contributed by atoms with Crippen LogP contribution in [0.1, 0.15) is 72.9 Å². The zero-order valence-corrected chi connectivity index (χ0v) is 22.6. The highest BCUT2D eigenvalue weighted by Gasteiger charge is 2.33. The summed E-state index contributed by atoms with van der Waals surface area (Å²) in [6.07, 6.45) is 0. The van der Waals surface area contributed by atoms with Gasteiger partial charge in [-0.3, -0.25) is 4.79 Å². The number of hydrogen-bond donors (Lipinski definition) is 0. The topological polar surface area (TPSA) is 40.1 Å². The minimum absolute atomic E-state index is 0.135. The van der Waals surface area contributed by atoms with E-state index in [0.29, 0.717) is 23.0 Å². The molecule has 0 atom stereocenters. The Morgan fingerprint density at radius 3 is 1.64 bits per heavy atom. The second kappa shape index (κ2) is 8.55. The van der Waals surface area contributed by atoms with Crippen molar-refractivity contribution in [3.8, 4) is 50.3 Å². The van der Waals surface area contributed by atoms with E-state index in [9.17, 15) is 9.90 Å². The molecule has 4 aliphatic rings. The lowest BCUT2D eigenvalue weighted by Gasteiger charge is -2.18. The summed E-state index contributed by atoms with van der Waals surface area (Å²) in [4.78, 5) is 13.7. The van der Waals surface area contributed by atoms with Crippen molar-refractivity contribution in [3.05, 3.63) is 92.1 Å². The van der Waals surface area contributed by atoms with Gasteiger partial charge in [0.15, 0.2) is 0 Å². The van der Waals surface area contributed by atoms with Crippen LogP contribution in [0.4, 0.5) is 0 Å². The van der Waals surface area contributed by atoms with Crippen LogP contribution in [-0.2, 0) is 0 Å². The van der Waals surface area contributed by atoms with Crippen LogP contribution in [0, 0.1) is 27.7 Å². The Morgan fingerprint density at radius 2 is 1.11 bits per heavy atom. The van der Waals surface area contributed by atoms with E-state index in [-0.39, 0.29) is 11.2 Å². The molecular weight excluding hydrogens is 440 g/mol. The Labute approximate surface area is 214 Å². The first-order valence-electron chi connectivity index (χ1n) is 12.9. The summed E-state index contributed by atoms with van der Waals surface area (Å²) >= 11 is 0. The molecule has 1 aromatic carbocycles. The lowest BCUT2D eigenvalue weighted by atomic mass is 9.87. The molecular formula is C34H34O2. The van der Waals surface area contributed by atoms with Crippen molar-refractivity contribution < 1.29 is 5.11 Å². The molecule has 0 aliphatic heterocycles. The van der Waals surface area contributed by atoms with Gasteiger partial charge in [0, 0.05) is 22.8 Å². The lowest BCUT2D eigenvalue weighted by molar-refractivity contribution is -0.267. The zero-order chi connectivity index (χ0) is 26.0. The van der Waals surface area contributed by atoms with Crippen molar-refractivity contribution in [1.29, 1.82) is 0 Å². The van der Waals surface area contributed by atoms with Crippen LogP contribution in [0.25, 0.3) is 44.5 Å². The molecule has 36 heavy (non-hydrogen) atoms. The molecule has 0 N–H and O–H groups in total. The van der Waals surface area contributed by atoms with Crippen molar-refractivity contribution in [3.63, 3.8) is 0 Å². The van der Waals surface area contributed by atoms with Gasteiger partial charge in [-0.25, -0.2) is 0 Å². The van der Waals surface area contributed by atoms with Gasteiger partial charge in [-0.05, 0) is 96.4 Å². The molecule has 0 radical (unpaired) electrons. The quantitative estimate of drug-likeness (QED) is 0.246. The van der Waals surface area contributed by atoms with Crippen LogP contribution in [0.15, 0.2) is 53.3 Å². The molecule has 4 aliphatic carbocycles. The van der Waals surface area contributed by atoms with E-state index in [1.165, 1.54) is 11.1 Å².